The van der Waals surface area contributed by atoms with Crippen LogP contribution in [0.25, 0.3) is 10.8 Å². The second-order valence-electron chi connectivity index (χ2n) is 7.24. The van der Waals surface area contributed by atoms with E-state index in [1.807, 2.05) is 33.4 Å². The lowest BCUT2D eigenvalue weighted by atomic mass is 9.99. The Kier molecular flexibility index (Phi) is 5.64. The van der Waals surface area contributed by atoms with Crippen molar-refractivity contribution in [3.05, 3.63) is 65.0 Å². The normalized spacial score (nSPS) is 17.0. The highest BCUT2D eigenvalue weighted by Gasteiger charge is 2.22. The lowest BCUT2D eigenvalue weighted by molar-refractivity contribution is 0.184. The Hall–Kier alpha value is -2.38. The maximum Gasteiger partial charge on any atom is 0.227 e. The third-order valence-corrected chi connectivity index (χ3v) is 6.30. The molecule has 0 amide bonds. The second-order valence-corrected chi connectivity index (χ2v) is 8.61. The lowest BCUT2D eigenvalue weighted by Gasteiger charge is -2.29. The van der Waals surface area contributed by atoms with Crippen LogP contribution in [0.15, 0.2) is 58.2 Å². The van der Waals surface area contributed by atoms with Gasteiger partial charge in [0.15, 0.2) is 0 Å². The van der Waals surface area contributed by atoms with Crippen LogP contribution in [0, 0.1) is 5.92 Å². The maximum atomic E-state index is 12.4. The van der Waals surface area contributed by atoms with Gasteiger partial charge in [0, 0.05) is 37.8 Å². The molecule has 0 spiro atoms. The molecule has 1 aromatic carbocycles. The van der Waals surface area contributed by atoms with Crippen LogP contribution in [0.4, 0.5) is 0 Å². The first-order valence-corrected chi connectivity index (χ1v) is 11.0. The molecule has 1 saturated heterocycles. The van der Waals surface area contributed by atoms with Crippen LogP contribution in [0.1, 0.15) is 18.6 Å². The SMILES string of the molecule is CS(=O)N1CCC(COc2coc(Cn3cc4ccccc4c3)cc2=O)CC1. The van der Waals surface area contributed by atoms with Gasteiger partial charge in [-0.1, -0.05) is 24.3 Å². The Balaban J connectivity index is 1.35. The molecule has 7 heteroatoms. The van der Waals surface area contributed by atoms with Crippen LogP contribution >= 0.6 is 0 Å². The first kappa shape index (κ1) is 19.0. The summed E-state index contributed by atoms with van der Waals surface area (Å²) in [6.07, 6.45) is 9.04. The van der Waals surface area contributed by atoms with Gasteiger partial charge in [-0.2, -0.15) is 0 Å². The Morgan fingerprint density at radius 3 is 2.46 bits per heavy atom. The van der Waals surface area contributed by atoms with Crippen molar-refractivity contribution >= 4 is 21.8 Å². The molecule has 0 aliphatic carbocycles. The van der Waals surface area contributed by atoms with E-state index in [9.17, 15) is 9.00 Å². The van der Waals surface area contributed by atoms with Crippen molar-refractivity contribution in [2.75, 3.05) is 26.0 Å². The summed E-state index contributed by atoms with van der Waals surface area (Å²) in [6, 6.07) is 9.63. The third kappa shape index (κ3) is 4.36. The fourth-order valence-electron chi connectivity index (χ4n) is 3.58. The molecule has 1 unspecified atom stereocenters. The number of aromatic nitrogens is 1. The molecule has 6 nitrogen and oxygen atoms in total. The number of hydrogen-bond acceptors (Lipinski definition) is 4. The molecular weight excluding hydrogens is 376 g/mol. The lowest BCUT2D eigenvalue weighted by Crippen LogP contribution is -2.36. The Morgan fingerprint density at radius 2 is 1.86 bits per heavy atom. The van der Waals surface area contributed by atoms with Crippen molar-refractivity contribution in [2.24, 2.45) is 5.92 Å². The molecule has 0 N–H and O–H groups in total. The van der Waals surface area contributed by atoms with E-state index in [0.717, 1.165) is 36.7 Å². The van der Waals surface area contributed by atoms with E-state index in [0.29, 0.717) is 24.8 Å². The van der Waals surface area contributed by atoms with Gasteiger partial charge < -0.3 is 13.7 Å². The molecule has 0 radical (unpaired) electrons. The Bertz CT molecular complexity index is 1000. The summed E-state index contributed by atoms with van der Waals surface area (Å²) >= 11 is 0. The van der Waals surface area contributed by atoms with Crippen molar-refractivity contribution in [3.8, 4) is 5.75 Å². The summed E-state index contributed by atoms with van der Waals surface area (Å²) < 4.78 is 26.8. The quantitative estimate of drug-likeness (QED) is 0.638. The van der Waals surface area contributed by atoms with Gasteiger partial charge in [0.05, 0.1) is 24.1 Å². The van der Waals surface area contributed by atoms with E-state index < -0.39 is 11.0 Å². The second kappa shape index (κ2) is 8.32. The summed E-state index contributed by atoms with van der Waals surface area (Å²) in [7, 11) is -0.910. The van der Waals surface area contributed by atoms with E-state index in [2.05, 4.69) is 12.1 Å². The van der Waals surface area contributed by atoms with Gasteiger partial charge >= 0.3 is 0 Å². The number of benzene rings is 1. The zero-order valence-electron chi connectivity index (χ0n) is 15.9. The summed E-state index contributed by atoms with van der Waals surface area (Å²) in [5.41, 5.74) is -0.162. The van der Waals surface area contributed by atoms with Crippen LogP contribution in [-0.2, 0) is 17.5 Å². The van der Waals surface area contributed by atoms with Crippen molar-refractivity contribution in [2.45, 2.75) is 19.4 Å². The summed E-state index contributed by atoms with van der Waals surface area (Å²) in [5, 5.41) is 2.31. The number of hydrogen-bond donors (Lipinski definition) is 0. The van der Waals surface area contributed by atoms with Gasteiger partial charge in [-0.15, -0.1) is 0 Å². The standard InChI is InChI=1S/C21H24N2O4S/c1-28(25)23-8-6-16(7-9-23)14-27-21-15-26-19(10-20(21)24)13-22-11-17-4-2-3-5-18(17)12-22/h2-5,10-12,15-16H,6-9,13-14H2,1H3. The van der Waals surface area contributed by atoms with Crippen LogP contribution in [0.2, 0.25) is 0 Å². The van der Waals surface area contributed by atoms with Crippen LogP contribution in [-0.4, -0.2) is 39.0 Å². The molecule has 0 saturated carbocycles. The zero-order valence-corrected chi connectivity index (χ0v) is 16.7. The van der Waals surface area contributed by atoms with Crippen molar-refractivity contribution < 1.29 is 13.4 Å². The average molecular weight is 401 g/mol. The molecule has 28 heavy (non-hydrogen) atoms. The van der Waals surface area contributed by atoms with Crippen molar-refractivity contribution in [1.29, 1.82) is 0 Å². The van der Waals surface area contributed by atoms with E-state index in [1.165, 1.54) is 12.3 Å². The highest BCUT2D eigenvalue weighted by molar-refractivity contribution is 7.81. The average Bonchev–Trinajstić information content (AvgIpc) is 3.10. The molecule has 1 aliphatic rings. The van der Waals surface area contributed by atoms with E-state index in [4.69, 9.17) is 9.15 Å². The highest BCUT2D eigenvalue weighted by Crippen LogP contribution is 2.20. The maximum absolute atomic E-state index is 12.4. The molecule has 0 bridgehead atoms. The van der Waals surface area contributed by atoms with E-state index in [1.54, 1.807) is 6.26 Å². The molecule has 1 atom stereocenters. The minimum absolute atomic E-state index is 0.162. The summed E-state index contributed by atoms with van der Waals surface area (Å²) in [4.78, 5) is 12.4. The smallest absolute Gasteiger partial charge is 0.227 e. The van der Waals surface area contributed by atoms with Crippen molar-refractivity contribution in [1.82, 2.24) is 8.87 Å². The van der Waals surface area contributed by atoms with Crippen LogP contribution < -0.4 is 10.2 Å². The summed E-state index contributed by atoms with van der Waals surface area (Å²) in [5.74, 6) is 1.21. The first-order chi connectivity index (χ1) is 13.6. The monoisotopic (exact) mass is 400 g/mol. The van der Waals surface area contributed by atoms with Crippen LogP contribution in [0.3, 0.4) is 0 Å². The van der Waals surface area contributed by atoms with Crippen LogP contribution in [0.5, 0.6) is 5.75 Å². The number of nitrogens with zero attached hydrogens (tertiary/aromatic N) is 2. The molecule has 1 fully saturated rings. The Labute approximate surface area is 166 Å². The van der Waals surface area contributed by atoms with E-state index >= 15 is 0 Å². The van der Waals surface area contributed by atoms with Gasteiger partial charge in [0.25, 0.3) is 0 Å². The number of ether oxygens (including phenoxy) is 1. The van der Waals surface area contributed by atoms with Gasteiger partial charge in [-0.05, 0) is 29.5 Å². The minimum Gasteiger partial charge on any atom is -0.486 e. The molecular formula is C21H24N2O4S. The Morgan fingerprint density at radius 1 is 1.18 bits per heavy atom. The number of fused-ring (bicyclic) bond motifs is 1. The molecule has 1 aliphatic heterocycles. The predicted molar refractivity (Wildman–Crippen MR) is 110 cm³/mol. The molecule has 2 aromatic heterocycles. The molecule has 148 valence electrons. The fourth-order valence-corrected chi connectivity index (χ4v) is 4.30. The molecule has 3 heterocycles. The van der Waals surface area contributed by atoms with Gasteiger partial charge in [-0.25, -0.2) is 8.51 Å². The van der Waals surface area contributed by atoms with Crippen molar-refractivity contribution in [3.63, 3.8) is 0 Å². The van der Waals surface area contributed by atoms with Gasteiger partial charge in [0.1, 0.15) is 12.0 Å². The topological polar surface area (TPSA) is 64.7 Å². The fraction of sp³-hybridized carbons (Fsp3) is 0.381. The minimum atomic E-state index is -0.910. The molecule has 4 rings (SSSR count). The number of rotatable bonds is 6. The first-order valence-electron chi connectivity index (χ1n) is 9.46. The largest absolute Gasteiger partial charge is 0.486 e. The van der Waals surface area contributed by atoms with E-state index in [-0.39, 0.29) is 11.2 Å². The molecule has 3 aromatic rings. The summed E-state index contributed by atoms with van der Waals surface area (Å²) in [6.45, 7) is 2.58. The third-order valence-electron chi connectivity index (χ3n) is 5.21. The number of piperidine rings is 1. The predicted octanol–water partition coefficient (Wildman–Crippen LogP) is 3.03. The highest BCUT2D eigenvalue weighted by atomic mass is 32.2. The van der Waals surface area contributed by atoms with Gasteiger partial charge in [0.2, 0.25) is 11.2 Å². The van der Waals surface area contributed by atoms with Gasteiger partial charge in [-0.3, -0.25) is 4.79 Å². The zero-order chi connectivity index (χ0) is 19.5.